The molecule has 3 aromatic rings. The second-order valence-electron chi connectivity index (χ2n) is 4.82. The number of aromatic nitrogens is 2. The monoisotopic (exact) mass is 312 g/mol. The summed E-state index contributed by atoms with van der Waals surface area (Å²) in [7, 11) is 0. The molecule has 23 heavy (non-hydrogen) atoms. The van der Waals surface area contributed by atoms with Crippen molar-refractivity contribution in [1.29, 1.82) is 0 Å². The summed E-state index contributed by atoms with van der Waals surface area (Å²) in [4.78, 5) is 11.7. The molecular weight excluding hydrogens is 299 g/mol. The Morgan fingerprint density at radius 1 is 1.35 bits per heavy atom. The van der Waals surface area contributed by atoms with Crippen molar-refractivity contribution in [2.45, 2.75) is 6.92 Å². The number of furan rings is 1. The van der Waals surface area contributed by atoms with Gasteiger partial charge in [-0.1, -0.05) is 12.1 Å². The molecule has 0 saturated heterocycles. The maximum Gasteiger partial charge on any atom is 0.291 e. The van der Waals surface area contributed by atoms with E-state index in [4.69, 9.17) is 4.42 Å². The van der Waals surface area contributed by atoms with E-state index in [0.717, 1.165) is 5.69 Å². The molecule has 6 nitrogen and oxygen atoms in total. The van der Waals surface area contributed by atoms with Crippen molar-refractivity contribution in [2.75, 3.05) is 0 Å². The number of hydrogen-bond acceptors (Lipinski definition) is 4. The molecule has 2 heterocycles. The van der Waals surface area contributed by atoms with Gasteiger partial charge < -0.3 is 4.42 Å². The van der Waals surface area contributed by atoms with Crippen LogP contribution in [0.1, 0.15) is 21.9 Å². The van der Waals surface area contributed by atoms with E-state index in [-0.39, 0.29) is 11.5 Å². The summed E-state index contributed by atoms with van der Waals surface area (Å²) in [5, 5.41) is 10.3. The van der Waals surface area contributed by atoms with Crippen LogP contribution in [-0.2, 0) is 0 Å². The van der Waals surface area contributed by atoms with Gasteiger partial charge in [-0.05, 0) is 37.3 Å². The lowest BCUT2D eigenvalue weighted by atomic mass is 10.1. The molecule has 0 aliphatic heterocycles. The first-order valence-corrected chi connectivity index (χ1v) is 6.83. The van der Waals surface area contributed by atoms with Gasteiger partial charge in [-0.25, -0.2) is 9.82 Å². The third kappa shape index (κ3) is 3.34. The Balaban J connectivity index is 1.67. The molecule has 1 amide bonds. The van der Waals surface area contributed by atoms with Crippen LogP contribution < -0.4 is 5.43 Å². The normalized spacial score (nSPS) is 11.0. The quantitative estimate of drug-likeness (QED) is 0.574. The molecule has 0 fully saturated rings. The van der Waals surface area contributed by atoms with E-state index in [1.165, 1.54) is 12.3 Å². The molecule has 1 aromatic carbocycles. The summed E-state index contributed by atoms with van der Waals surface area (Å²) in [6.07, 6.45) is 1.34. The first-order valence-electron chi connectivity index (χ1n) is 6.83. The lowest BCUT2D eigenvalue weighted by molar-refractivity contribution is 0.0950. The molecule has 0 unspecified atom stereocenters. The fourth-order valence-electron chi connectivity index (χ4n) is 1.97. The number of H-pyrrole nitrogens is 1. The Labute approximate surface area is 131 Å². The number of rotatable bonds is 4. The van der Waals surface area contributed by atoms with E-state index >= 15 is 0 Å². The Kier molecular flexibility index (Phi) is 4.01. The maximum absolute atomic E-state index is 13.7. The summed E-state index contributed by atoms with van der Waals surface area (Å²) in [5.41, 5.74) is 3.72. The first kappa shape index (κ1) is 14.7. The molecule has 116 valence electrons. The Morgan fingerprint density at radius 3 is 2.91 bits per heavy atom. The molecule has 2 aromatic heterocycles. The van der Waals surface area contributed by atoms with Crippen LogP contribution in [0.5, 0.6) is 0 Å². The molecule has 0 saturated carbocycles. The summed E-state index contributed by atoms with van der Waals surface area (Å²) in [6, 6.07) is 11.2. The number of aryl methyl sites for hydroxylation is 1. The lowest BCUT2D eigenvalue weighted by Gasteiger charge is -1.97. The standard InChI is InChI=1S/C16H13FN4O2/c1-10-8-14(20-19-10)16(22)21-18-9-11-6-7-15(23-11)12-4-2-3-5-13(12)17/h2-9H,1H3,(H,19,20)(H,21,22). The highest BCUT2D eigenvalue weighted by Crippen LogP contribution is 2.24. The van der Waals surface area contributed by atoms with Crippen molar-refractivity contribution in [3.63, 3.8) is 0 Å². The lowest BCUT2D eigenvalue weighted by Crippen LogP contribution is -2.17. The predicted molar refractivity (Wildman–Crippen MR) is 82.5 cm³/mol. The third-order valence-electron chi connectivity index (χ3n) is 3.06. The Bertz CT molecular complexity index is 866. The molecule has 3 rings (SSSR count). The number of hydrazone groups is 1. The van der Waals surface area contributed by atoms with Gasteiger partial charge in [0.05, 0.1) is 11.8 Å². The van der Waals surface area contributed by atoms with E-state index in [1.807, 2.05) is 0 Å². The summed E-state index contributed by atoms with van der Waals surface area (Å²) >= 11 is 0. The molecule has 0 aliphatic rings. The largest absolute Gasteiger partial charge is 0.455 e. The zero-order valence-electron chi connectivity index (χ0n) is 12.2. The fourth-order valence-corrected chi connectivity index (χ4v) is 1.97. The van der Waals surface area contributed by atoms with Gasteiger partial charge in [0, 0.05) is 5.69 Å². The average Bonchev–Trinajstić information content (AvgIpc) is 3.17. The zero-order chi connectivity index (χ0) is 16.2. The number of nitrogens with one attached hydrogen (secondary N) is 2. The van der Waals surface area contributed by atoms with E-state index in [1.54, 1.807) is 43.3 Å². The van der Waals surface area contributed by atoms with Gasteiger partial charge in [-0.15, -0.1) is 0 Å². The minimum absolute atomic E-state index is 0.242. The van der Waals surface area contributed by atoms with Gasteiger partial charge in [0.15, 0.2) is 5.69 Å². The van der Waals surface area contributed by atoms with Crippen LogP contribution in [0.15, 0.2) is 52.0 Å². The van der Waals surface area contributed by atoms with Gasteiger partial charge in [-0.3, -0.25) is 9.89 Å². The number of benzene rings is 1. The molecule has 0 aliphatic carbocycles. The highest BCUT2D eigenvalue weighted by atomic mass is 19.1. The van der Waals surface area contributed by atoms with Gasteiger partial charge >= 0.3 is 0 Å². The van der Waals surface area contributed by atoms with Crippen LogP contribution in [0.25, 0.3) is 11.3 Å². The minimum Gasteiger partial charge on any atom is -0.455 e. The third-order valence-corrected chi connectivity index (χ3v) is 3.06. The van der Waals surface area contributed by atoms with Crippen molar-refractivity contribution >= 4 is 12.1 Å². The SMILES string of the molecule is Cc1cc(C(=O)NN=Cc2ccc(-c3ccccc3F)o2)n[nH]1. The van der Waals surface area contributed by atoms with E-state index in [0.29, 0.717) is 17.1 Å². The molecule has 0 radical (unpaired) electrons. The number of amides is 1. The molecule has 0 spiro atoms. The van der Waals surface area contributed by atoms with Crippen molar-refractivity contribution in [1.82, 2.24) is 15.6 Å². The average molecular weight is 312 g/mol. The second kappa shape index (κ2) is 6.27. The van der Waals surface area contributed by atoms with Gasteiger partial charge in [-0.2, -0.15) is 10.2 Å². The molecular formula is C16H13FN4O2. The summed E-state index contributed by atoms with van der Waals surface area (Å²) in [6.45, 7) is 1.79. The summed E-state index contributed by atoms with van der Waals surface area (Å²) in [5.74, 6) is -0.0282. The fraction of sp³-hybridized carbons (Fsp3) is 0.0625. The Morgan fingerprint density at radius 2 is 2.17 bits per heavy atom. The topological polar surface area (TPSA) is 83.3 Å². The number of hydrogen-bond donors (Lipinski definition) is 2. The van der Waals surface area contributed by atoms with Crippen molar-refractivity contribution < 1.29 is 13.6 Å². The molecule has 0 bridgehead atoms. The number of carbonyl (C=O) groups excluding carboxylic acids is 1. The minimum atomic E-state index is -0.438. The van der Waals surface area contributed by atoms with Crippen LogP contribution in [-0.4, -0.2) is 22.3 Å². The number of nitrogens with zero attached hydrogens (tertiary/aromatic N) is 2. The molecule has 2 N–H and O–H groups in total. The zero-order valence-corrected chi connectivity index (χ0v) is 12.2. The van der Waals surface area contributed by atoms with Crippen LogP contribution >= 0.6 is 0 Å². The molecule has 7 heteroatoms. The maximum atomic E-state index is 13.7. The van der Waals surface area contributed by atoms with Gasteiger partial charge in [0.1, 0.15) is 17.3 Å². The number of carbonyl (C=O) groups is 1. The van der Waals surface area contributed by atoms with Gasteiger partial charge in [0.2, 0.25) is 0 Å². The van der Waals surface area contributed by atoms with Crippen LogP contribution in [0.2, 0.25) is 0 Å². The summed E-state index contributed by atoms with van der Waals surface area (Å²) < 4.78 is 19.2. The van der Waals surface area contributed by atoms with Crippen LogP contribution in [0, 0.1) is 12.7 Å². The van der Waals surface area contributed by atoms with Crippen LogP contribution in [0.4, 0.5) is 4.39 Å². The highest BCUT2D eigenvalue weighted by Gasteiger charge is 2.09. The van der Waals surface area contributed by atoms with Crippen molar-refractivity contribution in [3.8, 4) is 11.3 Å². The highest BCUT2D eigenvalue weighted by molar-refractivity contribution is 5.93. The van der Waals surface area contributed by atoms with Crippen LogP contribution in [0.3, 0.4) is 0 Å². The van der Waals surface area contributed by atoms with E-state index < -0.39 is 5.91 Å². The number of halogens is 1. The Hall–Kier alpha value is -3.22. The smallest absolute Gasteiger partial charge is 0.291 e. The predicted octanol–water partition coefficient (Wildman–Crippen LogP) is 2.88. The molecule has 0 atom stereocenters. The number of aromatic amines is 1. The van der Waals surface area contributed by atoms with E-state index in [9.17, 15) is 9.18 Å². The van der Waals surface area contributed by atoms with Crippen molar-refractivity contribution in [2.24, 2.45) is 5.10 Å². The van der Waals surface area contributed by atoms with E-state index in [2.05, 4.69) is 20.7 Å². The van der Waals surface area contributed by atoms with Gasteiger partial charge in [0.25, 0.3) is 5.91 Å². The first-order chi connectivity index (χ1) is 11.1. The second-order valence-corrected chi connectivity index (χ2v) is 4.82. The van der Waals surface area contributed by atoms with Crippen molar-refractivity contribution in [3.05, 3.63) is 65.4 Å².